The van der Waals surface area contributed by atoms with E-state index in [-0.39, 0.29) is 29.9 Å². The highest BCUT2D eigenvalue weighted by molar-refractivity contribution is 5.94. The minimum atomic E-state index is -0.788. The molecule has 2 amide bonds. The monoisotopic (exact) mass is 430 g/mol. The maximum absolute atomic E-state index is 11.9. The molecule has 0 aliphatic rings. The Kier molecular flexibility index (Phi) is 7.72. The Balaban J connectivity index is 1.74. The van der Waals surface area contributed by atoms with Crippen molar-refractivity contribution in [2.45, 2.75) is 19.8 Å². The van der Waals surface area contributed by atoms with Crippen LogP contribution in [0.15, 0.2) is 42.5 Å². The number of benzene rings is 2. The molecule has 0 spiro atoms. The highest BCUT2D eigenvalue weighted by atomic mass is 16.6. The van der Waals surface area contributed by atoms with Crippen LogP contribution in [0.1, 0.15) is 18.4 Å². The lowest BCUT2D eigenvalue weighted by Gasteiger charge is -2.08. The van der Waals surface area contributed by atoms with E-state index in [9.17, 15) is 34.6 Å². The molecule has 0 unspecified atom stereocenters. The van der Waals surface area contributed by atoms with E-state index in [4.69, 9.17) is 4.74 Å². The van der Waals surface area contributed by atoms with Gasteiger partial charge >= 0.3 is 5.97 Å². The van der Waals surface area contributed by atoms with Crippen LogP contribution in [0, 0.1) is 27.2 Å². The van der Waals surface area contributed by atoms with Gasteiger partial charge in [0.2, 0.25) is 5.91 Å². The summed E-state index contributed by atoms with van der Waals surface area (Å²) in [5.74, 6) is -1.99. The lowest BCUT2D eigenvalue weighted by molar-refractivity contribution is -0.385. The fourth-order valence-corrected chi connectivity index (χ4v) is 2.40. The Morgan fingerprint density at radius 3 is 2.10 bits per heavy atom. The highest BCUT2D eigenvalue weighted by Gasteiger charge is 2.14. The lowest BCUT2D eigenvalue weighted by atomic mass is 10.2. The summed E-state index contributed by atoms with van der Waals surface area (Å²) in [6.07, 6.45) is -0.510. The van der Waals surface area contributed by atoms with Crippen LogP contribution in [0.2, 0.25) is 0 Å². The Bertz CT molecular complexity index is 1020. The third-order valence-electron chi connectivity index (χ3n) is 3.97. The molecule has 0 aliphatic heterocycles. The number of aryl methyl sites for hydroxylation is 1. The van der Waals surface area contributed by atoms with Gasteiger partial charge in [-0.3, -0.25) is 34.6 Å². The van der Waals surface area contributed by atoms with E-state index in [1.54, 1.807) is 6.92 Å². The second-order valence-electron chi connectivity index (χ2n) is 6.32. The fraction of sp³-hybridized carbons (Fsp3) is 0.211. The van der Waals surface area contributed by atoms with Gasteiger partial charge in [-0.15, -0.1) is 0 Å². The van der Waals surface area contributed by atoms with Gasteiger partial charge in [-0.25, -0.2) is 0 Å². The van der Waals surface area contributed by atoms with Crippen LogP contribution in [0.4, 0.5) is 22.7 Å². The number of hydrogen-bond acceptors (Lipinski definition) is 8. The molecule has 162 valence electrons. The van der Waals surface area contributed by atoms with Crippen LogP contribution in [-0.4, -0.2) is 34.2 Å². The van der Waals surface area contributed by atoms with Gasteiger partial charge in [0.05, 0.1) is 16.3 Å². The van der Waals surface area contributed by atoms with Crippen LogP contribution in [-0.2, 0) is 19.1 Å². The first kappa shape index (κ1) is 22.9. The summed E-state index contributed by atoms with van der Waals surface area (Å²) in [6.45, 7) is 0.938. The second-order valence-corrected chi connectivity index (χ2v) is 6.32. The van der Waals surface area contributed by atoms with Crippen molar-refractivity contribution in [3.05, 3.63) is 68.3 Å². The molecule has 12 heteroatoms. The van der Waals surface area contributed by atoms with Gasteiger partial charge < -0.3 is 15.4 Å². The average molecular weight is 430 g/mol. The molecule has 0 heterocycles. The van der Waals surface area contributed by atoms with Gasteiger partial charge in [0.15, 0.2) is 6.61 Å². The van der Waals surface area contributed by atoms with E-state index >= 15 is 0 Å². The molecule has 0 bridgehead atoms. The number of rotatable bonds is 9. The second kappa shape index (κ2) is 10.4. The molecule has 12 nitrogen and oxygen atoms in total. The fourth-order valence-electron chi connectivity index (χ4n) is 2.40. The number of nitro groups is 2. The van der Waals surface area contributed by atoms with Crippen molar-refractivity contribution in [2.24, 2.45) is 0 Å². The molecule has 2 rings (SSSR count). The molecule has 2 aromatic carbocycles. The molecule has 0 saturated carbocycles. The van der Waals surface area contributed by atoms with Crippen molar-refractivity contribution in [2.75, 3.05) is 17.2 Å². The van der Waals surface area contributed by atoms with E-state index in [0.29, 0.717) is 11.3 Å². The van der Waals surface area contributed by atoms with Crippen molar-refractivity contribution < 1.29 is 29.0 Å². The predicted octanol–water partition coefficient (Wildman–Crippen LogP) is 2.71. The summed E-state index contributed by atoms with van der Waals surface area (Å²) < 4.78 is 4.78. The number of nitro benzene ring substituents is 2. The number of non-ortho nitro benzene ring substituents is 1. The third-order valence-corrected chi connectivity index (χ3v) is 3.97. The Hall–Kier alpha value is -4.35. The number of esters is 1. The molecule has 0 fully saturated rings. The predicted molar refractivity (Wildman–Crippen MR) is 108 cm³/mol. The molecule has 0 aromatic heterocycles. The zero-order valence-electron chi connectivity index (χ0n) is 16.3. The Morgan fingerprint density at radius 2 is 1.48 bits per heavy atom. The minimum absolute atomic E-state index is 0.125. The first-order valence-electron chi connectivity index (χ1n) is 8.90. The number of nitrogens with one attached hydrogen (secondary N) is 2. The van der Waals surface area contributed by atoms with E-state index < -0.39 is 34.2 Å². The number of carbonyl (C=O) groups excluding carboxylic acids is 3. The summed E-state index contributed by atoms with van der Waals surface area (Å²) in [5, 5.41) is 26.4. The van der Waals surface area contributed by atoms with Crippen molar-refractivity contribution in [3.8, 4) is 0 Å². The smallest absolute Gasteiger partial charge is 0.306 e. The van der Waals surface area contributed by atoms with Crippen molar-refractivity contribution >= 4 is 40.5 Å². The van der Waals surface area contributed by atoms with Crippen LogP contribution >= 0.6 is 0 Å². The molecule has 2 aromatic rings. The standard InChI is InChI=1S/C19H18N4O8/c1-12-2-3-14(10-16(12)23(29)30)21-18(25)11-31-19(26)9-8-17(24)20-13-4-6-15(7-5-13)22(27)28/h2-7,10H,8-9,11H2,1H3,(H,20,24)(H,21,25). The maximum atomic E-state index is 11.9. The molecule has 0 saturated heterocycles. The number of ether oxygens (including phenoxy) is 1. The van der Waals surface area contributed by atoms with E-state index in [2.05, 4.69) is 10.6 Å². The van der Waals surface area contributed by atoms with E-state index in [0.717, 1.165) is 0 Å². The molecule has 0 radical (unpaired) electrons. The quantitative estimate of drug-likeness (QED) is 0.347. The molecule has 31 heavy (non-hydrogen) atoms. The average Bonchev–Trinajstić information content (AvgIpc) is 2.72. The topological polar surface area (TPSA) is 171 Å². The van der Waals surface area contributed by atoms with Gasteiger partial charge in [0.1, 0.15) is 0 Å². The van der Waals surface area contributed by atoms with Gasteiger partial charge in [0.25, 0.3) is 17.3 Å². The zero-order chi connectivity index (χ0) is 23.0. The summed E-state index contributed by atoms with van der Waals surface area (Å²) in [4.78, 5) is 55.8. The molecule has 2 N–H and O–H groups in total. The van der Waals surface area contributed by atoms with Crippen LogP contribution in [0.5, 0.6) is 0 Å². The minimum Gasteiger partial charge on any atom is -0.456 e. The zero-order valence-corrected chi connectivity index (χ0v) is 16.3. The summed E-state index contributed by atoms with van der Waals surface area (Å²) >= 11 is 0. The normalized spacial score (nSPS) is 10.1. The maximum Gasteiger partial charge on any atom is 0.306 e. The van der Waals surface area contributed by atoms with E-state index in [1.807, 2.05) is 0 Å². The van der Waals surface area contributed by atoms with Crippen molar-refractivity contribution in [1.82, 2.24) is 0 Å². The van der Waals surface area contributed by atoms with E-state index in [1.165, 1.54) is 42.5 Å². The van der Waals surface area contributed by atoms with Crippen molar-refractivity contribution in [3.63, 3.8) is 0 Å². The SMILES string of the molecule is Cc1ccc(NC(=O)COC(=O)CCC(=O)Nc2ccc([N+](=O)[O-])cc2)cc1[N+](=O)[O-]. The lowest BCUT2D eigenvalue weighted by Crippen LogP contribution is -2.21. The first-order chi connectivity index (χ1) is 14.7. The number of anilines is 2. The summed E-state index contributed by atoms with van der Waals surface area (Å²) in [5.41, 5.74) is 0.659. The Morgan fingerprint density at radius 1 is 0.871 bits per heavy atom. The molecule has 0 aliphatic carbocycles. The van der Waals surface area contributed by atoms with Gasteiger partial charge in [-0.05, 0) is 25.1 Å². The first-order valence-corrected chi connectivity index (χ1v) is 8.90. The largest absolute Gasteiger partial charge is 0.456 e. The number of amides is 2. The van der Waals surface area contributed by atoms with Gasteiger partial charge in [-0.2, -0.15) is 0 Å². The van der Waals surface area contributed by atoms with Crippen LogP contribution in [0.25, 0.3) is 0 Å². The third kappa shape index (κ3) is 7.20. The number of hydrogen-bond donors (Lipinski definition) is 2. The van der Waals surface area contributed by atoms with Gasteiger partial charge in [0, 0.05) is 41.6 Å². The van der Waals surface area contributed by atoms with Crippen molar-refractivity contribution in [1.29, 1.82) is 0 Å². The van der Waals surface area contributed by atoms with Crippen LogP contribution in [0.3, 0.4) is 0 Å². The van der Waals surface area contributed by atoms with Gasteiger partial charge in [-0.1, -0.05) is 6.07 Å². The molecular formula is C19H18N4O8. The number of nitrogens with zero attached hydrogens (tertiary/aromatic N) is 2. The number of carbonyl (C=O) groups is 3. The highest BCUT2D eigenvalue weighted by Crippen LogP contribution is 2.22. The molecule has 0 atom stereocenters. The summed E-state index contributed by atoms with van der Waals surface area (Å²) in [6, 6.07) is 9.31. The molecular weight excluding hydrogens is 412 g/mol. The Labute approximate surface area is 175 Å². The van der Waals surface area contributed by atoms with Crippen LogP contribution < -0.4 is 10.6 Å². The summed E-state index contributed by atoms with van der Waals surface area (Å²) in [7, 11) is 0.